The van der Waals surface area contributed by atoms with Crippen molar-refractivity contribution in [1.29, 1.82) is 0 Å². The highest BCUT2D eigenvalue weighted by atomic mass is 19.1. The van der Waals surface area contributed by atoms with E-state index < -0.39 is 0 Å². The number of hydrogen-bond donors (Lipinski definition) is 1. The molecule has 0 atom stereocenters. The van der Waals surface area contributed by atoms with E-state index in [2.05, 4.69) is 56.6 Å². The fourth-order valence-corrected chi connectivity index (χ4v) is 4.02. The first-order valence-electron chi connectivity index (χ1n) is 12.5. The first-order valence-corrected chi connectivity index (χ1v) is 12.5. The van der Waals surface area contributed by atoms with Crippen LogP contribution >= 0.6 is 0 Å². The van der Waals surface area contributed by atoms with Crippen LogP contribution in [0.1, 0.15) is 50.7 Å². The number of aldehydes is 2. The molecular formula is C29H38FN5O4. The van der Waals surface area contributed by atoms with Crippen molar-refractivity contribution in [1.82, 2.24) is 24.4 Å². The van der Waals surface area contributed by atoms with Crippen LogP contribution in [0.15, 0.2) is 48.7 Å². The van der Waals surface area contributed by atoms with Crippen LogP contribution in [-0.2, 0) is 15.0 Å². The van der Waals surface area contributed by atoms with Gasteiger partial charge in [0.05, 0.1) is 11.9 Å². The summed E-state index contributed by atoms with van der Waals surface area (Å²) in [5.74, 6) is -0.366. The van der Waals surface area contributed by atoms with E-state index in [1.165, 1.54) is 24.3 Å². The second-order valence-electron chi connectivity index (χ2n) is 10.7. The molecule has 2 aromatic heterocycles. The first kappa shape index (κ1) is 31.5. The summed E-state index contributed by atoms with van der Waals surface area (Å²) in [6.45, 7) is 12.7. The zero-order valence-electron chi connectivity index (χ0n) is 23.7. The maximum Gasteiger partial charge on any atom is 0.246 e. The molecule has 0 unspecified atom stereocenters. The number of piperazine rings is 1. The topological polar surface area (TPSA) is 108 Å². The SMILES string of the molecule is CC(C)(C)c1cc(-c2ccc(F)cc2)nn2cc(C=O)nc12.CN1CCN(C(=O)/C=C/C=O)CC1(C)C.CO. The minimum Gasteiger partial charge on any atom is -0.400 e. The average molecular weight is 540 g/mol. The van der Waals surface area contributed by atoms with Gasteiger partial charge in [-0.1, -0.05) is 20.8 Å². The van der Waals surface area contributed by atoms with Gasteiger partial charge in [-0.15, -0.1) is 0 Å². The van der Waals surface area contributed by atoms with Crippen LogP contribution in [0, 0.1) is 5.82 Å². The number of likely N-dealkylation sites (N-methyl/N-ethyl adjacent to an activating group) is 1. The lowest BCUT2D eigenvalue weighted by Gasteiger charge is -2.45. The van der Waals surface area contributed by atoms with Crippen LogP contribution in [0.4, 0.5) is 4.39 Å². The number of carbonyl (C=O) groups excluding carboxylic acids is 3. The summed E-state index contributed by atoms with van der Waals surface area (Å²) >= 11 is 0. The van der Waals surface area contributed by atoms with Gasteiger partial charge < -0.3 is 10.0 Å². The van der Waals surface area contributed by atoms with Crippen molar-refractivity contribution in [3.8, 4) is 11.3 Å². The van der Waals surface area contributed by atoms with Gasteiger partial charge >= 0.3 is 0 Å². The van der Waals surface area contributed by atoms with Gasteiger partial charge in [-0.25, -0.2) is 13.9 Å². The molecule has 0 saturated carbocycles. The Balaban J connectivity index is 0.000000275. The van der Waals surface area contributed by atoms with Crippen molar-refractivity contribution in [2.75, 3.05) is 33.8 Å². The molecule has 210 valence electrons. The van der Waals surface area contributed by atoms with Crippen molar-refractivity contribution in [2.24, 2.45) is 0 Å². The third-order valence-electron chi connectivity index (χ3n) is 6.46. The Hall–Kier alpha value is -3.76. The number of rotatable bonds is 4. The van der Waals surface area contributed by atoms with Crippen molar-refractivity contribution >= 4 is 24.1 Å². The monoisotopic (exact) mass is 539 g/mol. The van der Waals surface area contributed by atoms with Crippen LogP contribution < -0.4 is 0 Å². The molecule has 1 aliphatic rings. The summed E-state index contributed by atoms with van der Waals surface area (Å²) in [5.41, 5.74) is 3.36. The summed E-state index contributed by atoms with van der Waals surface area (Å²) in [5, 5.41) is 11.5. The smallest absolute Gasteiger partial charge is 0.246 e. The van der Waals surface area contributed by atoms with Gasteiger partial charge in [0.25, 0.3) is 0 Å². The Morgan fingerprint density at radius 2 is 1.74 bits per heavy atom. The Morgan fingerprint density at radius 1 is 1.10 bits per heavy atom. The molecule has 4 rings (SSSR count). The van der Waals surface area contributed by atoms with Crippen LogP contribution in [0.2, 0.25) is 0 Å². The summed E-state index contributed by atoms with van der Waals surface area (Å²) in [6, 6.07) is 8.14. The second kappa shape index (κ2) is 13.3. The van der Waals surface area contributed by atoms with Crippen molar-refractivity contribution in [3.05, 3.63) is 65.8 Å². The van der Waals surface area contributed by atoms with E-state index in [1.54, 1.807) is 27.7 Å². The van der Waals surface area contributed by atoms with Gasteiger partial charge in [-0.05, 0) is 62.7 Å². The number of imidazole rings is 1. The van der Waals surface area contributed by atoms with Gasteiger partial charge in [0.15, 0.2) is 11.9 Å². The fraction of sp³-hybridized carbons (Fsp3) is 0.414. The third-order valence-corrected chi connectivity index (χ3v) is 6.46. The van der Waals surface area contributed by atoms with Crippen LogP contribution in [0.3, 0.4) is 0 Å². The number of aliphatic hydroxyl groups excluding tert-OH is 1. The lowest BCUT2D eigenvalue weighted by molar-refractivity contribution is -0.130. The molecule has 1 fully saturated rings. The zero-order valence-corrected chi connectivity index (χ0v) is 23.7. The Bertz CT molecular complexity index is 1310. The van der Waals surface area contributed by atoms with Gasteiger partial charge in [-0.3, -0.25) is 19.3 Å². The predicted molar refractivity (Wildman–Crippen MR) is 149 cm³/mol. The number of fused-ring (bicyclic) bond motifs is 1. The molecule has 0 radical (unpaired) electrons. The number of halogens is 1. The van der Waals surface area contributed by atoms with Crippen LogP contribution in [0.25, 0.3) is 16.9 Å². The minimum atomic E-state index is -0.285. The van der Waals surface area contributed by atoms with Crippen LogP contribution in [0.5, 0.6) is 0 Å². The highest BCUT2D eigenvalue weighted by Crippen LogP contribution is 2.29. The summed E-state index contributed by atoms with van der Waals surface area (Å²) in [7, 11) is 3.06. The van der Waals surface area contributed by atoms with E-state index in [4.69, 9.17) is 5.11 Å². The van der Waals surface area contributed by atoms with E-state index in [-0.39, 0.29) is 22.7 Å². The maximum absolute atomic E-state index is 13.1. The molecule has 39 heavy (non-hydrogen) atoms. The highest BCUT2D eigenvalue weighted by Gasteiger charge is 2.32. The van der Waals surface area contributed by atoms with Gasteiger partial charge in [-0.2, -0.15) is 5.10 Å². The largest absolute Gasteiger partial charge is 0.400 e. The molecule has 0 spiro atoms. The molecule has 1 aliphatic heterocycles. The van der Waals surface area contributed by atoms with Gasteiger partial charge in [0.2, 0.25) is 5.91 Å². The van der Waals surface area contributed by atoms with Crippen molar-refractivity contribution in [3.63, 3.8) is 0 Å². The van der Waals surface area contributed by atoms with E-state index in [9.17, 15) is 18.8 Å². The lowest BCUT2D eigenvalue weighted by atomic mass is 9.87. The standard InChI is InChI=1S/C17H16FN3O.C11H18N2O2.CH4O/c1-17(2,3)14-8-15(11-4-6-12(18)7-5-11)20-21-9-13(10-22)19-16(14)21;1-11(2)9-13(7-6-12(11)3)10(15)5-4-8-14;1-2/h4-10H,1-3H3;4-5,8H,6-7,9H2,1-3H3;2H,1H3/b;5-4+;. The number of hydrogen-bond acceptors (Lipinski definition) is 7. The molecule has 1 saturated heterocycles. The number of aromatic nitrogens is 3. The van der Waals surface area contributed by atoms with Gasteiger partial charge in [0, 0.05) is 49.5 Å². The van der Waals surface area contributed by atoms with Crippen molar-refractivity contribution < 1.29 is 23.9 Å². The first-order chi connectivity index (χ1) is 18.4. The lowest BCUT2D eigenvalue weighted by Crippen LogP contribution is -2.58. The quantitative estimate of drug-likeness (QED) is 0.399. The number of aliphatic hydroxyl groups is 1. The van der Waals surface area contributed by atoms with E-state index in [1.807, 2.05) is 6.07 Å². The van der Waals surface area contributed by atoms with E-state index >= 15 is 0 Å². The predicted octanol–water partition coefficient (Wildman–Crippen LogP) is 3.55. The summed E-state index contributed by atoms with van der Waals surface area (Å²) < 4.78 is 14.7. The molecule has 3 aromatic rings. The molecule has 10 heteroatoms. The maximum atomic E-state index is 13.1. The Labute approximate surface area is 228 Å². The zero-order chi connectivity index (χ0) is 29.4. The molecule has 1 aromatic carbocycles. The van der Waals surface area contributed by atoms with E-state index in [0.29, 0.717) is 36.2 Å². The molecule has 3 heterocycles. The summed E-state index contributed by atoms with van der Waals surface area (Å²) in [4.78, 5) is 41.0. The molecule has 0 aliphatic carbocycles. The normalized spacial score (nSPS) is 15.3. The number of nitrogens with zero attached hydrogens (tertiary/aromatic N) is 5. The van der Waals surface area contributed by atoms with Gasteiger partial charge in [0.1, 0.15) is 17.8 Å². The highest BCUT2D eigenvalue weighted by molar-refractivity contribution is 5.91. The number of amides is 1. The Morgan fingerprint density at radius 3 is 2.28 bits per heavy atom. The number of benzene rings is 1. The minimum absolute atomic E-state index is 0.00291. The molecule has 1 N–H and O–H groups in total. The molecular weight excluding hydrogens is 501 g/mol. The summed E-state index contributed by atoms with van der Waals surface area (Å²) in [6.07, 6.45) is 5.50. The van der Waals surface area contributed by atoms with Crippen molar-refractivity contribution in [2.45, 2.75) is 45.6 Å². The Kier molecular flexibility index (Phi) is 10.8. The van der Waals surface area contributed by atoms with Crippen LogP contribution in [-0.4, -0.2) is 87.3 Å². The second-order valence-corrected chi connectivity index (χ2v) is 10.7. The number of carbonyl (C=O) groups is 3. The fourth-order valence-electron chi connectivity index (χ4n) is 4.02. The number of allylic oxidation sites excluding steroid dienone is 1. The molecule has 9 nitrogen and oxygen atoms in total. The third kappa shape index (κ3) is 8.11. The van der Waals surface area contributed by atoms with E-state index in [0.717, 1.165) is 31.3 Å². The molecule has 0 bridgehead atoms. The average Bonchev–Trinajstić information content (AvgIpc) is 3.33. The molecule has 1 amide bonds.